The minimum absolute atomic E-state index is 0.274. The lowest BCUT2D eigenvalue weighted by Crippen LogP contribution is -2.13. The van der Waals surface area contributed by atoms with Crippen molar-refractivity contribution in [1.29, 1.82) is 0 Å². The lowest BCUT2D eigenvalue weighted by Gasteiger charge is -2.10. The van der Waals surface area contributed by atoms with Gasteiger partial charge in [0.15, 0.2) is 0 Å². The number of amides is 1. The predicted octanol–water partition coefficient (Wildman–Crippen LogP) is 5.39. The molecule has 0 saturated carbocycles. The van der Waals surface area contributed by atoms with E-state index in [1.807, 2.05) is 12.1 Å². The molecule has 0 fully saturated rings. The Labute approximate surface area is 160 Å². The first kappa shape index (κ1) is 18.0. The van der Waals surface area contributed by atoms with Crippen molar-refractivity contribution < 1.29 is 9.53 Å². The number of hydrogen-bond acceptors (Lipinski definition) is 4. The Balaban J connectivity index is 1.73. The molecule has 0 aliphatic carbocycles. The number of nitrogens with zero attached hydrogens (tertiary/aromatic N) is 1. The van der Waals surface area contributed by atoms with Gasteiger partial charge in [0.05, 0.1) is 12.1 Å². The van der Waals surface area contributed by atoms with Gasteiger partial charge >= 0.3 is 0 Å². The van der Waals surface area contributed by atoms with Gasteiger partial charge in [0.1, 0.15) is 11.4 Å². The summed E-state index contributed by atoms with van der Waals surface area (Å²) in [4.78, 5) is 16.6. The van der Waals surface area contributed by atoms with Gasteiger partial charge < -0.3 is 15.4 Å². The maximum Gasteiger partial charge on any atom is 0.274 e. The highest BCUT2D eigenvalue weighted by atomic mass is 35.5. The molecule has 0 atom stereocenters. The van der Waals surface area contributed by atoms with Gasteiger partial charge in [-0.2, -0.15) is 0 Å². The topological polar surface area (TPSA) is 63.2 Å². The van der Waals surface area contributed by atoms with Crippen LogP contribution >= 0.6 is 23.2 Å². The van der Waals surface area contributed by atoms with Gasteiger partial charge in [-0.25, -0.2) is 0 Å². The number of anilines is 3. The van der Waals surface area contributed by atoms with Crippen LogP contribution in [0.15, 0.2) is 60.8 Å². The van der Waals surface area contributed by atoms with Crippen molar-refractivity contribution in [2.24, 2.45) is 0 Å². The number of nitrogens with one attached hydrogen (secondary N) is 2. The fraction of sp³-hybridized carbons (Fsp3) is 0.0526. The second-order valence-electron chi connectivity index (χ2n) is 5.37. The first-order valence-corrected chi connectivity index (χ1v) is 8.44. The number of rotatable bonds is 5. The molecule has 7 heteroatoms. The van der Waals surface area contributed by atoms with Crippen molar-refractivity contribution in [3.05, 3.63) is 76.5 Å². The number of carbonyl (C=O) groups is 1. The number of halogens is 2. The first-order chi connectivity index (χ1) is 12.5. The van der Waals surface area contributed by atoms with E-state index in [4.69, 9.17) is 27.9 Å². The minimum Gasteiger partial charge on any atom is -0.495 e. The largest absolute Gasteiger partial charge is 0.495 e. The van der Waals surface area contributed by atoms with E-state index >= 15 is 0 Å². The molecule has 1 heterocycles. The van der Waals surface area contributed by atoms with Gasteiger partial charge in [-0.3, -0.25) is 9.78 Å². The Morgan fingerprint density at radius 2 is 1.69 bits per heavy atom. The predicted molar refractivity (Wildman–Crippen MR) is 105 cm³/mol. The summed E-state index contributed by atoms with van der Waals surface area (Å²) in [6, 6.07) is 15.7. The molecule has 0 aliphatic heterocycles. The number of methoxy groups -OCH3 is 1. The Bertz CT molecular complexity index is 930. The van der Waals surface area contributed by atoms with E-state index in [0.29, 0.717) is 21.5 Å². The number of hydrogen-bond donors (Lipinski definition) is 2. The summed E-state index contributed by atoms with van der Waals surface area (Å²) in [5.41, 5.74) is 2.42. The molecule has 0 radical (unpaired) electrons. The molecule has 0 bridgehead atoms. The molecular weight excluding hydrogens is 373 g/mol. The van der Waals surface area contributed by atoms with Crippen molar-refractivity contribution in [3.8, 4) is 5.75 Å². The van der Waals surface area contributed by atoms with Crippen molar-refractivity contribution in [3.63, 3.8) is 0 Å². The van der Waals surface area contributed by atoms with Gasteiger partial charge in [-0.05, 0) is 54.6 Å². The zero-order valence-corrected chi connectivity index (χ0v) is 15.3. The van der Waals surface area contributed by atoms with Crippen molar-refractivity contribution in [2.75, 3.05) is 17.7 Å². The smallest absolute Gasteiger partial charge is 0.274 e. The molecule has 3 rings (SSSR count). The van der Waals surface area contributed by atoms with Crippen LogP contribution in [0.3, 0.4) is 0 Å². The third-order valence-electron chi connectivity index (χ3n) is 3.54. The lowest BCUT2D eigenvalue weighted by molar-refractivity contribution is 0.102. The molecular formula is C19H15Cl2N3O2. The molecule has 2 N–H and O–H groups in total. The number of benzene rings is 2. The minimum atomic E-state index is -0.342. The van der Waals surface area contributed by atoms with Crippen LogP contribution in [0.25, 0.3) is 0 Å². The second-order valence-corrected chi connectivity index (χ2v) is 6.21. The SMILES string of the molecule is COc1ccc(NC(=O)c2cc(Nc3ccc(Cl)cc3)ccn2)cc1Cl. The first-order valence-electron chi connectivity index (χ1n) is 7.69. The third-order valence-corrected chi connectivity index (χ3v) is 4.08. The molecule has 5 nitrogen and oxygen atoms in total. The molecule has 1 amide bonds. The number of ether oxygens (including phenoxy) is 1. The summed E-state index contributed by atoms with van der Waals surface area (Å²) in [6.07, 6.45) is 1.56. The molecule has 26 heavy (non-hydrogen) atoms. The second kappa shape index (κ2) is 8.08. The standard InChI is InChI=1S/C19H15Cl2N3O2/c1-26-18-7-6-14(10-16(18)21)24-19(25)17-11-15(8-9-22-17)23-13-4-2-12(20)3-5-13/h2-11H,1H3,(H,22,23)(H,24,25). The summed E-state index contributed by atoms with van der Waals surface area (Å²) in [7, 11) is 1.53. The molecule has 3 aromatic rings. The van der Waals surface area contributed by atoms with Crippen LogP contribution in [0, 0.1) is 0 Å². The highest BCUT2D eigenvalue weighted by Crippen LogP contribution is 2.27. The van der Waals surface area contributed by atoms with E-state index in [2.05, 4.69) is 15.6 Å². The highest BCUT2D eigenvalue weighted by Gasteiger charge is 2.10. The van der Waals surface area contributed by atoms with Gasteiger partial charge in [-0.15, -0.1) is 0 Å². The maximum absolute atomic E-state index is 12.4. The number of carbonyl (C=O) groups excluding carboxylic acids is 1. The van der Waals surface area contributed by atoms with E-state index < -0.39 is 0 Å². The van der Waals surface area contributed by atoms with E-state index in [-0.39, 0.29) is 11.6 Å². The van der Waals surface area contributed by atoms with Crippen LogP contribution in [-0.4, -0.2) is 18.0 Å². The van der Waals surface area contributed by atoms with Crippen LogP contribution in [0.1, 0.15) is 10.5 Å². The molecule has 0 spiro atoms. The van der Waals surface area contributed by atoms with E-state index in [0.717, 1.165) is 11.4 Å². The molecule has 2 aromatic carbocycles. The molecule has 132 valence electrons. The summed E-state index contributed by atoms with van der Waals surface area (Å²) in [5.74, 6) is 0.197. The zero-order chi connectivity index (χ0) is 18.5. The average Bonchev–Trinajstić information content (AvgIpc) is 2.64. The van der Waals surface area contributed by atoms with E-state index in [1.165, 1.54) is 7.11 Å². The summed E-state index contributed by atoms with van der Waals surface area (Å²) >= 11 is 12.0. The Kier molecular flexibility index (Phi) is 5.61. The quantitative estimate of drug-likeness (QED) is 0.615. The fourth-order valence-corrected chi connectivity index (χ4v) is 2.66. The molecule has 1 aromatic heterocycles. The Morgan fingerprint density at radius 1 is 0.962 bits per heavy atom. The lowest BCUT2D eigenvalue weighted by atomic mass is 10.2. The monoisotopic (exact) mass is 387 g/mol. The van der Waals surface area contributed by atoms with E-state index in [9.17, 15) is 4.79 Å². The van der Waals surface area contributed by atoms with Gasteiger partial charge in [0.25, 0.3) is 5.91 Å². The average molecular weight is 388 g/mol. The van der Waals surface area contributed by atoms with Crippen molar-refractivity contribution in [2.45, 2.75) is 0 Å². The van der Waals surface area contributed by atoms with Crippen molar-refractivity contribution >= 4 is 46.2 Å². The van der Waals surface area contributed by atoms with Crippen LogP contribution in [0.4, 0.5) is 17.1 Å². The summed E-state index contributed by atoms with van der Waals surface area (Å²) in [5, 5.41) is 7.03. The van der Waals surface area contributed by atoms with Crippen LogP contribution < -0.4 is 15.4 Å². The fourth-order valence-electron chi connectivity index (χ4n) is 2.27. The van der Waals surface area contributed by atoms with Crippen molar-refractivity contribution in [1.82, 2.24) is 4.98 Å². The molecule has 0 saturated heterocycles. The zero-order valence-electron chi connectivity index (χ0n) is 13.8. The summed E-state index contributed by atoms with van der Waals surface area (Å²) < 4.78 is 5.10. The normalized spacial score (nSPS) is 10.3. The van der Waals surface area contributed by atoms with Crippen LogP contribution in [0.2, 0.25) is 10.0 Å². The van der Waals surface area contributed by atoms with Crippen LogP contribution in [0.5, 0.6) is 5.75 Å². The summed E-state index contributed by atoms with van der Waals surface area (Å²) in [6.45, 7) is 0. The Morgan fingerprint density at radius 3 is 2.38 bits per heavy atom. The molecule has 0 aliphatic rings. The van der Waals surface area contributed by atoms with E-state index in [1.54, 1.807) is 48.7 Å². The Hall–Kier alpha value is -2.76. The number of aromatic nitrogens is 1. The molecule has 0 unspecified atom stereocenters. The van der Waals surface area contributed by atoms with Gasteiger partial charge in [0, 0.05) is 28.3 Å². The van der Waals surface area contributed by atoms with Gasteiger partial charge in [-0.1, -0.05) is 23.2 Å². The maximum atomic E-state index is 12.4. The third kappa shape index (κ3) is 4.45. The van der Waals surface area contributed by atoms with Gasteiger partial charge in [0.2, 0.25) is 0 Å². The van der Waals surface area contributed by atoms with Crippen LogP contribution in [-0.2, 0) is 0 Å². The number of pyridine rings is 1. The highest BCUT2D eigenvalue weighted by molar-refractivity contribution is 6.32.